The summed E-state index contributed by atoms with van der Waals surface area (Å²) in [4.78, 5) is 30.4. The van der Waals surface area contributed by atoms with Gasteiger partial charge in [-0.2, -0.15) is 0 Å². The molecule has 5 rings (SSSR count). The molecule has 0 heterocycles. The van der Waals surface area contributed by atoms with E-state index < -0.39 is 28.5 Å². The molecule has 1 aliphatic rings. The van der Waals surface area contributed by atoms with Crippen LogP contribution in [0.4, 0.5) is 5.69 Å². The molecular weight excluding hydrogens is 618 g/mol. The lowest BCUT2D eigenvalue weighted by Gasteiger charge is -2.35. The number of carbonyl (C=O) groups excluding carboxylic acids is 2. The normalized spacial score (nSPS) is 14.3. The van der Waals surface area contributed by atoms with Crippen LogP contribution in [-0.2, 0) is 32.6 Å². The fraction of sp³-hybridized carbons (Fsp3) is 0.297. The Kier molecular flexibility index (Phi) is 11.1. The number of amides is 2. The molecule has 240 valence electrons. The highest BCUT2D eigenvalue weighted by atomic mass is 35.5. The van der Waals surface area contributed by atoms with Crippen LogP contribution in [0.5, 0.6) is 0 Å². The van der Waals surface area contributed by atoms with Gasteiger partial charge in [-0.25, -0.2) is 8.42 Å². The van der Waals surface area contributed by atoms with Crippen molar-refractivity contribution in [1.29, 1.82) is 0 Å². The number of halogens is 1. The first-order valence-electron chi connectivity index (χ1n) is 15.7. The van der Waals surface area contributed by atoms with Gasteiger partial charge >= 0.3 is 0 Å². The van der Waals surface area contributed by atoms with Gasteiger partial charge in [-0.3, -0.25) is 13.9 Å². The number of hydrogen-bond donors (Lipinski definition) is 1. The first kappa shape index (κ1) is 33.2. The number of hydrogen-bond acceptors (Lipinski definition) is 4. The largest absolute Gasteiger partial charge is 0.352 e. The fourth-order valence-electron chi connectivity index (χ4n) is 5.98. The molecule has 7 nitrogen and oxygen atoms in total. The van der Waals surface area contributed by atoms with Crippen LogP contribution in [0.15, 0.2) is 114 Å². The Morgan fingerprint density at radius 2 is 1.43 bits per heavy atom. The molecular formula is C37H40ClN3O4S. The quantitative estimate of drug-likeness (QED) is 0.179. The lowest BCUT2D eigenvalue weighted by atomic mass is 9.94. The van der Waals surface area contributed by atoms with Gasteiger partial charge in [0, 0.05) is 24.0 Å². The van der Waals surface area contributed by atoms with E-state index in [9.17, 15) is 18.0 Å². The summed E-state index contributed by atoms with van der Waals surface area (Å²) in [5, 5.41) is 3.69. The summed E-state index contributed by atoms with van der Waals surface area (Å²) in [6.45, 7) is 1.33. The Labute approximate surface area is 277 Å². The Balaban J connectivity index is 1.57. The average Bonchev–Trinajstić information content (AvgIpc) is 3.07. The SMILES string of the molecule is Cc1ccccc1N(CC(=O)N(Cc1ccccc1Cl)[C@H](Cc1ccccc1)C(=O)NC1CCCCC1)S(=O)(=O)c1ccccc1. The number of nitrogens with one attached hydrogen (secondary N) is 1. The van der Waals surface area contributed by atoms with Gasteiger partial charge in [0.2, 0.25) is 11.8 Å². The summed E-state index contributed by atoms with van der Waals surface area (Å²) in [5.74, 6) is -0.771. The minimum atomic E-state index is -4.15. The lowest BCUT2D eigenvalue weighted by molar-refractivity contribution is -0.140. The van der Waals surface area contributed by atoms with Crippen LogP contribution in [-0.4, -0.2) is 43.8 Å². The van der Waals surface area contributed by atoms with Crippen molar-refractivity contribution in [2.75, 3.05) is 10.8 Å². The first-order chi connectivity index (χ1) is 22.2. The van der Waals surface area contributed by atoms with E-state index >= 15 is 0 Å². The molecule has 9 heteroatoms. The van der Waals surface area contributed by atoms with Crippen molar-refractivity contribution in [3.8, 4) is 0 Å². The molecule has 1 aliphatic carbocycles. The van der Waals surface area contributed by atoms with Crippen LogP contribution in [0.2, 0.25) is 5.02 Å². The van der Waals surface area contributed by atoms with Crippen LogP contribution < -0.4 is 9.62 Å². The lowest BCUT2D eigenvalue weighted by Crippen LogP contribution is -2.55. The number of benzene rings is 4. The van der Waals surface area contributed by atoms with Gasteiger partial charge < -0.3 is 10.2 Å². The highest BCUT2D eigenvalue weighted by Crippen LogP contribution is 2.28. The number of nitrogens with zero attached hydrogens (tertiary/aromatic N) is 2. The van der Waals surface area contributed by atoms with Crippen LogP contribution in [0.1, 0.15) is 48.8 Å². The molecule has 4 aromatic carbocycles. The zero-order valence-corrected chi connectivity index (χ0v) is 27.6. The molecule has 0 unspecified atom stereocenters. The summed E-state index contributed by atoms with van der Waals surface area (Å²) in [5.41, 5.74) is 2.64. The summed E-state index contributed by atoms with van der Waals surface area (Å²) < 4.78 is 29.5. The highest BCUT2D eigenvalue weighted by Gasteiger charge is 2.36. The van der Waals surface area contributed by atoms with Gasteiger partial charge in [-0.1, -0.05) is 116 Å². The molecule has 4 aromatic rings. The van der Waals surface area contributed by atoms with E-state index in [0.29, 0.717) is 21.8 Å². The zero-order valence-electron chi connectivity index (χ0n) is 26.0. The van der Waals surface area contributed by atoms with Crippen molar-refractivity contribution >= 4 is 39.1 Å². The topological polar surface area (TPSA) is 86.8 Å². The third-order valence-corrected chi connectivity index (χ3v) is 10.7. The molecule has 1 saturated carbocycles. The molecule has 1 N–H and O–H groups in total. The predicted octanol–water partition coefficient (Wildman–Crippen LogP) is 6.93. The van der Waals surface area contributed by atoms with Crippen LogP contribution in [0.25, 0.3) is 0 Å². The van der Waals surface area contributed by atoms with E-state index in [-0.39, 0.29) is 29.8 Å². The Morgan fingerprint density at radius 1 is 0.826 bits per heavy atom. The molecule has 0 aliphatic heterocycles. The van der Waals surface area contributed by atoms with Crippen molar-refractivity contribution in [3.63, 3.8) is 0 Å². The van der Waals surface area contributed by atoms with Gasteiger partial charge in [0.15, 0.2) is 0 Å². The third kappa shape index (κ3) is 8.17. The molecule has 0 spiro atoms. The Morgan fingerprint density at radius 3 is 2.11 bits per heavy atom. The van der Waals surface area contributed by atoms with E-state index in [1.165, 1.54) is 17.0 Å². The fourth-order valence-corrected chi connectivity index (χ4v) is 7.68. The van der Waals surface area contributed by atoms with E-state index in [4.69, 9.17) is 11.6 Å². The molecule has 0 saturated heterocycles. The molecule has 0 aromatic heterocycles. The standard InChI is InChI=1S/C37H40ClN3O4S/c1-28-15-11-14-24-34(28)41(46(44,45)32-21-9-4-10-22-32)27-36(42)40(26-30-18-12-13-23-33(30)38)35(25-29-16-5-2-6-17-29)37(43)39-31-19-7-3-8-20-31/h2,4-6,9-18,21-24,31,35H,3,7-8,19-20,25-27H2,1H3,(H,39,43)/t35-/m1/s1. The second-order valence-electron chi connectivity index (χ2n) is 11.8. The van der Waals surface area contributed by atoms with Gasteiger partial charge in [0.25, 0.3) is 10.0 Å². The number of rotatable bonds is 12. The number of para-hydroxylation sites is 1. The number of aryl methyl sites for hydroxylation is 1. The minimum absolute atomic E-state index is 0.0266. The monoisotopic (exact) mass is 657 g/mol. The summed E-state index contributed by atoms with van der Waals surface area (Å²) >= 11 is 6.60. The Bertz CT molecular complexity index is 1730. The average molecular weight is 658 g/mol. The third-order valence-electron chi connectivity index (χ3n) is 8.52. The maximum atomic E-state index is 14.7. The van der Waals surface area contributed by atoms with Crippen molar-refractivity contribution in [2.45, 2.75) is 69.0 Å². The highest BCUT2D eigenvalue weighted by molar-refractivity contribution is 7.92. The number of carbonyl (C=O) groups is 2. The Hall–Kier alpha value is -4.14. The van der Waals surface area contributed by atoms with E-state index in [1.807, 2.05) is 67.6 Å². The van der Waals surface area contributed by atoms with E-state index in [0.717, 1.165) is 42.0 Å². The van der Waals surface area contributed by atoms with Gasteiger partial charge in [0.1, 0.15) is 12.6 Å². The number of sulfonamides is 1. The summed E-state index contributed by atoms with van der Waals surface area (Å²) in [7, 11) is -4.15. The molecule has 1 atom stereocenters. The predicted molar refractivity (Wildman–Crippen MR) is 183 cm³/mol. The van der Waals surface area contributed by atoms with Gasteiger partial charge in [0.05, 0.1) is 10.6 Å². The first-order valence-corrected chi connectivity index (χ1v) is 17.6. The van der Waals surface area contributed by atoms with E-state index in [2.05, 4.69) is 5.32 Å². The summed E-state index contributed by atoms with van der Waals surface area (Å²) in [6, 6.07) is 31.0. The van der Waals surface area contributed by atoms with Crippen molar-refractivity contribution in [1.82, 2.24) is 10.2 Å². The minimum Gasteiger partial charge on any atom is -0.352 e. The smallest absolute Gasteiger partial charge is 0.264 e. The van der Waals surface area contributed by atoms with Crippen molar-refractivity contribution < 1.29 is 18.0 Å². The number of anilines is 1. The van der Waals surface area contributed by atoms with Gasteiger partial charge in [-0.15, -0.1) is 0 Å². The van der Waals surface area contributed by atoms with Crippen LogP contribution >= 0.6 is 11.6 Å². The molecule has 2 amide bonds. The summed E-state index contributed by atoms with van der Waals surface area (Å²) in [6.07, 6.45) is 5.25. The maximum absolute atomic E-state index is 14.7. The second kappa shape index (κ2) is 15.4. The molecule has 0 bridgehead atoms. The van der Waals surface area contributed by atoms with E-state index in [1.54, 1.807) is 36.4 Å². The van der Waals surface area contributed by atoms with Crippen LogP contribution in [0, 0.1) is 6.92 Å². The van der Waals surface area contributed by atoms with Gasteiger partial charge in [-0.05, 0) is 60.7 Å². The molecule has 46 heavy (non-hydrogen) atoms. The zero-order chi connectivity index (χ0) is 32.5. The molecule has 0 radical (unpaired) electrons. The second-order valence-corrected chi connectivity index (χ2v) is 14.0. The maximum Gasteiger partial charge on any atom is 0.264 e. The van der Waals surface area contributed by atoms with Crippen molar-refractivity contribution in [2.24, 2.45) is 0 Å². The van der Waals surface area contributed by atoms with Crippen LogP contribution in [0.3, 0.4) is 0 Å². The molecule has 1 fully saturated rings. The van der Waals surface area contributed by atoms with Crippen molar-refractivity contribution in [3.05, 3.63) is 131 Å².